The number of nitrogens with zero attached hydrogens (tertiary/aromatic N) is 4. The number of piperazine rings is 1. The lowest BCUT2D eigenvalue weighted by molar-refractivity contribution is 0.177. The average molecular weight is 421 g/mol. The molecule has 154 valence electrons. The summed E-state index contributed by atoms with van der Waals surface area (Å²) in [7, 11) is -1.46. The van der Waals surface area contributed by atoms with Crippen LogP contribution in [-0.4, -0.2) is 53.4 Å². The molecule has 1 aromatic heterocycles. The van der Waals surface area contributed by atoms with E-state index in [1.54, 1.807) is 16.4 Å². The van der Waals surface area contributed by atoms with Crippen molar-refractivity contribution in [2.75, 3.05) is 26.2 Å². The van der Waals surface area contributed by atoms with Crippen LogP contribution < -0.4 is 0 Å². The van der Waals surface area contributed by atoms with Crippen LogP contribution in [0.2, 0.25) is 0 Å². The molecule has 6 nitrogen and oxygen atoms in total. The molecule has 4 aromatic rings. The molecule has 7 heteroatoms. The van der Waals surface area contributed by atoms with Crippen molar-refractivity contribution in [2.24, 2.45) is 7.05 Å². The molecule has 0 saturated carbocycles. The Labute approximate surface area is 176 Å². The van der Waals surface area contributed by atoms with Crippen LogP contribution in [-0.2, 0) is 23.6 Å². The summed E-state index contributed by atoms with van der Waals surface area (Å²) in [4.78, 5) is 7.38. The third kappa shape index (κ3) is 3.39. The van der Waals surface area contributed by atoms with E-state index >= 15 is 0 Å². The second-order valence-corrected chi connectivity index (χ2v) is 9.70. The van der Waals surface area contributed by atoms with Crippen LogP contribution in [0.1, 0.15) is 5.82 Å². The predicted molar refractivity (Wildman–Crippen MR) is 119 cm³/mol. The van der Waals surface area contributed by atoms with Gasteiger partial charge in [-0.15, -0.1) is 0 Å². The Kier molecular flexibility index (Phi) is 4.81. The SMILES string of the molecule is Cn1c(CN2CCN(S(=O)(=O)c3ccc4ccccc4c3)CC2)nc2ccccc21. The van der Waals surface area contributed by atoms with Crippen LogP contribution >= 0.6 is 0 Å². The van der Waals surface area contributed by atoms with Crippen molar-refractivity contribution >= 4 is 31.8 Å². The Bertz CT molecular complexity index is 1320. The number of rotatable bonds is 4. The van der Waals surface area contributed by atoms with Crippen molar-refractivity contribution in [3.8, 4) is 0 Å². The Balaban J connectivity index is 1.30. The van der Waals surface area contributed by atoms with Gasteiger partial charge in [-0.2, -0.15) is 4.31 Å². The molecular formula is C23H24N4O2S. The van der Waals surface area contributed by atoms with Crippen LogP contribution in [0.15, 0.2) is 71.6 Å². The minimum Gasteiger partial charge on any atom is -0.330 e. The highest BCUT2D eigenvalue weighted by atomic mass is 32.2. The number of aromatic nitrogens is 2. The molecule has 0 unspecified atom stereocenters. The van der Waals surface area contributed by atoms with Gasteiger partial charge in [-0.05, 0) is 35.0 Å². The molecule has 1 saturated heterocycles. The van der Waals surface area contributed by atoms with E-state index in [2.05, 4.69) is 15.5 Å². The normalized spacial score (nSPS) is 16.4. The molecular weight excluding hydrogens is 396 g/mol. The fourth-order valence-corrected chi connectivity index (χ4v) is 5.60. The molecule has 5 rings (SSSR count). The topological polar surface area (TPSA) is 58.4 Å². The first-order chi connectivity index (χ1) is 14.5. The number of aryl methyl sites for hydroxylation is 1. The third-order valence-corrected chi connectivity index (χ3v) is 7.83. The summed E-state index contributed by atoms with van der Waals surface area (Å²) in [5.41, 5.74) is 2.11. The predicted octanol–water partition coefficient (Wildman–Crippen LogP) is 3.23. The molecule has 0 bridgehead atoms. The zero-order chi connectivity index (χ0) is 20.7. The van der Waals surface area contributed by atoms with E-state index in [0.29, 0.717) is 31.1 Å². The Morgan fingerprint density at radius 2 is 1.57 bits per heavy atom. The van der Waals surface area contributed by atoms with Crippen LogP contribution in [0, 0.1) is 0 Å². The zero-order valence-electron chi connectivity index (χ0n) is 16.9. The maximum atomic E-state index is 13.2. The number of para-hydroxylation sites is 2. The Hall–Kier alpha value is -2.74. The van der Waals surface area contributed by atoms with E-state index in [-0.39, 0.29) is 0 Å². The fourth-order valence-electron chi connectivity index (χ4n) is 4.14. The minimum atomic E-state index is -3.49. The first kappa shape index (κ1) is 19.2. The van der Waals surface area contributed by atoms with Gasteiger partial charge >= 0.3 is 0 Å². The molecule has 3 aromatic carbocycles. The van der Waals surface area contributed by atoms with E-state index in [1.165, 1.54) is 0 Å². The summed E-state index contributed by atoms with van der Waals surface area (Å²) in [6.45, 7) is 3.07. The maximum Gasteiger partial charge on any atom is 0.243 e. The van der Waals surface area contributed by atoms with E-state index in [4.69, 9.17) is 4.98 Å². The van der Waals surface area contributed by atoms with Crippen molar-refractivity contribution in [2.45, 2.75) is 11.4 Å². The molecule has 2 heterocycles. The van der Waals surface area contributed by atoms with E-state index < -0.39 is 10.0 Å². The molecule has 0 radical (unpaired) electrons. The molecule has 1 fully saturated rings. The minimum absolute atomic E-state index is 0.366. The standard InChI is InChI=1S/C23H24N4O2S/c1-25-22-9-5-4-8-21(22)24-23(25)17-26-12-14-27(15-13-26)30(28,29)20-11-10-18-6-2-3-7-19(18)16-20/h2-11,16H,12-15,17H2,1H3. The van der Waals surface area contributed by atoms with Gasteiger partial charge in [0, 0.05) is 33.2 Å². The second kappa shape index (κ2) is 7.50. The smallest absolute Gasteiger partial charge is 0.243 e. The lowest BCUT2D eigenvalue weighted by Crippen LogP contribution is -2.48. The highest BCUT2D eigenvalue weighted by Gasteiger charge is 2.29. The van der Waals surface area contributed by atoms with E-state index in [0.717, 1.165) is 34.2 Å². The van der Waals surface area contributed by atoms with Crippen molar-refractivity contribution in [3.63, 3.8) is 0 Å². The van der Waals surface area contributed by atoms with E-state index in [9.17, 15) is 8.42 Å². The Morgan fingerprint density at radius 1 is 0.867 bits per heavy atom. The van der Waals surface area contributed by atoms with Crippen molar-refractivity contribution < 1.29 is 8.42 Å². The summed E-state index contributed by atoms with van der Waals surface area (Å²) in [5, 5.41) is 1.99. The molecule has 0 atom stereocenters. The van der Waals surface area contributed by atoms with Gasteiger partial charge in [-0.3, -0.25) is 4.90 Å². The van der Waals surface area contributed by atoms with Gasteiger partial charge in [0.15, 0.2) is 0 Å². The molecule has 0 spiro atoms. The number of sulfonamides is 1. The van der Waals surface area contributed by atoms with Crippen LogP contribution in [0.3, 0.4) is 0 Å². The monoisotopic (exact) mass is 420 g/mol. The quantitative estimate of drug-likeness (QED) is 0.509. The highest BCUT2D eigenvalue weighted by Crippen LogP contribution is 2.23. The largest absolute Gasteiger partial charge is 0.330 e. The number of fused-ring (bicyclic) bond motifs is 2. The fraction of sp³-hybridized carbons (Fsp3) is 0.261. The van der Waals surface area contributed by atoms with Gasteiger partial charge < -0.3 is 4.57 Å². The number of imidazole rings is 1. The first-order valence-electron chi connectivity index (χ1n) is 10.1. The number of hydrogen-bond acceptors (Lipinski definition) is 4. The molecule has 1 aliphatic heterocycles. The van der Waals surface area contributed by atoms with Gasteiger partial charge in [0.1, 0.15) is 5.82 Å². The first-order valence-corrected chi connectivity index (χ1v) is 11.6. The van der Waals surface area contributed by atoms with Crippen LogP contribution in [0.25, 0.3) is 21.8 Å². The summed E-state index contributed by atoms with van der Waals surface area (Å²) < 4.78 is 30.0. The van der Waals surface area contributed by atoms with Crippen LogP contribution in [0.5, 0.6) is 0 Å². The van der Waals surface area contributed by atoms with E-state index in [1.807, 2.05) is 55.6 Å². The lowest BCUT2D eigenvalue weighted by Gasteiger charge is -2.33. The van der Waals surface area contributed by atoms with Gasteiger partial charge in [0.2, 0.25) is 10.0 Å². The second-order valence-electron chi connectivity index (χ2n) is 7.76. The summed E-state index contributed by atoms with van der Waals surface area (Å²) in [6, 6.07) is 21.3. The van der Waals surface area contributed by atoms with Gasteiger partial charge in [0.25, 0.3) is 0 Å². The van der Waals surface area contributed by atoms with Crippen molar-refractivity contribution in [3.05, 3.63) is 72.6 Å². The zero-order valence-corrected chi connectivity index (χ0v) is 17.7. The lowest BCUT2D eigenvalue weighted by atomic mass is 10.1. The number of benzene rings is 3. The highest BCUT2D eigenvalue weighted by molar-refractivity contribution is 7.89. The van der Waals surface area contributed by atoms with Crippen LogP contribution in [0.4, 0.5) is 0 Å². The van der Waals surface area contributed by atoms with Gasteiger partial charge in [-0.25, -0.2) is 13.4 Å². The number of hydrogen-bond donors (Lipinski definition) is 0. The molecule has 0 N–H and O–H groups in total. The Morgan fingerprint density at radius 3 is 2.33 bits per heavy atom. The molecule has 1 aliphatic rings. The summed E-state index contributed by atoms with van der Waals surface area (Å²) >= 11 is 0. The maximum absolute atomic E-state index is 13.2. The molecule has 0 aliphatic carbocycles. The molecule has 30 heavy (non-hydrogen) atoms. The summed E-state index contributed by atoms with van der Waals surface area (Å²) in [5.74, 6) is 1.00. The molecule has 0 amide bonds. The summed E-state index contributed by atoms with van der Waals surface area (Å²) in [6.07, 6.45) is 0. The van der Waals surface area contributed by atoms with Gasteiger partial charge in [0.05, 0.1) is 22.5 Å². The van der Waals surface area contributed by atoms with Crippen molar-refractivity contribution in [1.82, 2.24) is 18.8 Å². The third-order valence-electron chi connectivity index (χ3n) is 5.93. The average Bonchev–Trinajstić information content (AvgIpc) is 3.09. The van der Waals surface area contributed by atoms with Crippen molar-refractivity contribution in [1.29, 1.82) is 0 Å². The van der Waals surface area contributed by atoms with Gasteiger partial charge in [-0.1, -0.05) is 42.5 Å².